The Bertz CT molecular complexity index is 134. The molecule has 1 aliphatic rings. The molecule has 0 N–H and O–H groups in total. The van der Waals surface area contributed by atoms with E-state index >= 15 is 0 Å². The number of hydrogen-bond acceptors (Lipinski definition) is 1. The minimum absolute atomic E-state index is 0.0509. The quantitative estimate of drug-likeness (QED) is 0.572. The van der Waals surface area contributed by atoms with Gasteiger partial charge >= 0.3 is 0 Å². The van der Waals surface area contributed by atoms with Crippen molar-refractivity contribution < 1.29 is 8.78 Å². The zero-order valence-corrected chi connectivity index (χ0v) is 7.11. The third-order valence-electron chi connectivity index (χ3n) is 2.15. The SMILES string of the molecule is CC(C)N1CCCC(F)(F)C1. The lowest BCUT2D eigenvalue weighted by Crippen LogP contribution is -2.45. The number of hydrogen-bond donors (Lipinski definition) is 0. The highest BCUT2D eigenvalue weighted by Gasteiger charge is 2.35. The zero-order chi connectivity index (χ0) is 8.48. The number of piperidine rings is 1. The van der Waals surface area contributed by atoms with Crippen LogP contribution in [0, 0.1) is 0 Å². The van der Waals surface area contributed by atoms with Crippen molar-refractivity contribution in [3.63, 3.8) is 0 Å². The van der Waals surface area contributed by atoms with E-state index in [1.165, 1.54) is 0 Å². The number of likely N-dealkylation sites (tertiary alicyclic amines) is 1. The van der Waals surface area contributed by atoms with Crippen LogP contribution in [0.3, 0.4) is 0 Å². The molecule has 1 rings (SSSR count). The molecule has 0 aliphatic carbocycles. The van der Waals surface area contributed by atoms with Gasteiger partial charge in [-0.1, -0.05) is 0 Å². The molecule has 11 heavy (non-hydrogen) atoms. The van der Waals surface area contributed by atoms with Crippen LogP contribution in [0.15, 0.2) is 0 Å². The number of alkyl halides is 2. The van der Waals surface area contributed by atoms with Gasteiger partial charge in [0.15, 0.2) is 0 Å². The van der Waals surface area contributed by atoms with Crippen LogP contribution in [-0.4, -0.2) is 30.0 Å². The van der Waals surface area contributed by atoms with E-state index in [-0.39, 0.29) is 19.0 Å². The van der Waals surface area contributed by atoms with Crippen LogP contribution in [0.2, 0.25) is 0 Å². The van der Waals surface area contributed by atoms with Gasteiger partial charge in [-0.25, -0.2) is 8.78 Å². The first kappa shape index (κ1) is 8.91. The molecule has 0 spiro atoms. The lowest BCUT2D eigenvalue weighted by Gasteiger charge is -2.34. The van der Waals surface area contributed by atoms with E-state index in [0.717, 1.165) is 6.54 Å². The fraction of sp³-hybridized carbons (Fsp3) is 1.00. The second kappa shape index (κ2) is 3.05. The molecule has 1 fully saturated rings. The second-order valence-electron chi connectivity index (χ2n) is 3.52. The second-order valence-corrected chi connectivity index (χ2v) is 3.52. The van der Waals surface area contributed by atoms with Gasteiger partial charge in [-0.15, -0.1) is 0 Å². The Hall–Kier alpha value is -0.180. The molecule has 0 aromatic rings. The minimum Gasteiger partial charge on any atom is -0.295 e. The Balaban J connectivity index is 2.46. The molecule has 0 unspecified atom stereocenters. The number of rotatable bonds is 1. The molecule has 1 heterocycles. The van der Waals surface area contributed by atoms with E-state index in [9.17, 15) is 8.78 Å². The maximum absolute atomic E-state index is 12.8. The number of nitrogens with zero attached hydrogens (tertiary/aromatic N) is 1. The van der Waals surface area contributed by atoms with Gasteiger partial charge in [-0.05, 0) is 26.8 Å². The van der Waals surface area contributed by atoms with E-state index in [1.807, 2.05) is 18.7 Å². The van der Waals surface area contributed by atoms with E-state index in [0.29, 0.717) is 6.42 Å². The average Bonchev–Trinajstić information content (AvgIpc) is 1.85. The zero-order valence-electron chi connectivity index (χ0n) is 7.11. The summed E-state index contributed by atoms with van der Waals surface area (Å²) in [5, 5.41) is 0. The molecule has 0 atom stereocenters. The van der Waals surface area contributed by atoms with Crippen molar-refractivity contribution in [1.82, 2.24) is 4.90 Å². The van der Waals surface area contributed by atoms with Gasteiger partial charge in [0.25, 0.3) is 5.92 Å². The third-order valence-corrected chi connectivity index (χ3v) is 2.15. The van der Waals surface area contributed by atoms with E-state index in [1.54, 1.807) is 0 Å². The van der Waals surface area contributed by atoms with Crippen LogP contribution >= 0.6 is 0 Å². The Kier molecular flexibility index (Phi) is 2.47. The highest BCUT2D eigenvalue weighted by molar-refractivity contribution is 4.80. The van der Waals surface area contributed by atoms with Crippen LogP contribution in [-0.2, 0) is 0 Å². The molecule has 1 saturated heterocycles. The molecular weight excluding hydrogens is 148 g/mol. The van der Waals surface area contributed by atoms with Crippen molar-refractivity contribution in [2.75, 3.05) is 13.1 Å². The van der Waals surface area contributed by atoms with Gasteiger partial charge in [0.2, 0.25) is 0 Å². The Morgan fingerprint density at radius 1 is 1.36 bits per heavy atom. The largest absolute Gasteiger partial charge is 0.295 e. The van der Waals surface area contributed by atoms with Crippen molar-refractivity contribution in [1.29, 1.82) is 0 Å². The van der Waals surface area contributed by atoms with Crippen LogP contribution in [0.4, 0.5) is 8.78 Å². The first-order chi connectivity index (χ1) is 5.01. The van der Waals surface area contributed by atoms with Crippen molar-refractivity contribution in [3.05, 3.63) is 0 Å². The van der Waals surface area contributed by atoms with Gasteiger partial charge in [0.1, 0.15) is 0 Å². The molecule has 1 aliphatic heterocycles. The molecular formula is C8H15F2N. The summed E-state index contributed by atoms with van der Waals surface area (Å²) in [6, 6.07) is 0.251. The van der Waals surface area contributed by atoms with Crippen molar-refractivity contribution in [3.8, 4) is 0 Å². The number of halogens is 2. The van der Waals surface area contributed by atoms with Gasteiger partial charge < -0.3 is 0 Å². The molecule has 0 aromatic heterocycles. The molecule has 66 valence electrons. The summed E-state index contributed by atoms with van der Waals surface area (Å²) >= 11 is 0. The summed E-state index contributed by atoms with van der Waals surface area (Å²) in [6.45, 7) is 4.70. The summed E-state index contributed by atoms with van der Waals surface area (Å²) in [4.78, 5) is 1.84. The normalized spacial score (nSPS) is 25.9. The molecule has 0 aromatic carbocycles. The van der Waals surface area contributed by atoms with Gasteiger partial charge in [-0.2, -0.15) is 0 Å². The average molecular weight is 163 g/mol. The van der Waals surface area contributed by atoms with E-state index < -0.39 is 5.92 Å². The van der Waals surface area contributed by atoms with Crippen LogP contribution in [0.1, 0.15) is 26.7 Å². The van der Waals surface area contributed by atoms with E-state index in [2.05, 4.69) is 0 Å². The Labute approximate surface area is 66.4 Å². The lowest BCUT2D eigenvalue weighted by atomic mass is 10.1. The molecule has 0 amide bonds. The summed E-state index contributed by atoms with van der Waals surface area (Å²) in [7, 11) is 0. The first-order valence-corrected chi connectivity index (χ1v) is 4.13. The summed E-state index contributed by atoms with van der Waals surface area (Å²) in [6.07, 6.45) is 0.696. The maximum atomic E-state index is 12.8. The van der Waals surface area contributed by atoms with Crippen LogP contribution in [0.25, 0.3) is 0 Å². The Morgan fingerprint density at radius 2 is 2.00 bits per heavy atom. The summed E-state index contributed by atoms with van der Waals surface area (Å²) < 4.78 is 25.5. The molecule has 3 heteroatoms. The van der Waals surface area contributed by atoms with Gasteiger partial charge in [0.05, 0.1) is 6.54 Å². The van der Waals surface area contributed by atoms with Gasteiger partial charge in [-0.3, -0.25) is 4.90 Å². The maximum Gasteiger partial charge on any atom is 0.260 e. The minimum atomic E-state index is -2.44. The fourth-order valence-electron chi connectivity index (χ4n) is 1.44. The Morgan fingerprint density at radius 3 is 2.36 bits per heavy atom. The van der Waals surface area contributed by atoms with Crippen molar-refractivity contribution >= 4 is 0 Å². The van der Waals surface area contributed by atoms with Gasteiger partial charge in [0, 0.05) is 12.5 Å². The van der Waals surface area contributed by atoms with E-state index in [4.69, 9.17) is 0 Å². The first-order valence-electron chi connectivity index (χ1n) is 4.13. The fourth-order valence-corrected chi connectivity index (χ4v) is 1.44. The van der Waals surface area contributed by atoms with Crippen molar-refractivity contribution in [2.24, 2.45) is 0 Å². The summed E-state index contributed by atoms with van der Waals surface area (Å²) in [5.41, 5.74) is 0. The third kappa shape index (κ3) is 2.40. The topological polar surface area (TPSA) is 3.24 Å². The smallest absolute Gasteiger partial charge is 0.260 e. The predicted molar refractivity (Wildman–Crippen MR) is 40.9 cm³/mol. The molecule has 0 radical (unpaired) electrons. The highest BCUT2D eigenvalue weighted by Crippen LogP contribution is 2.27. The molecule has 1 nitrogen and oxygen atoms in total. The highest BCUT2D eigenvalue weighted by atomic mass is 19.3. The molecule has 0 saturated carbocycles. The standard InChI is InChI=1S/C8H15F2N/c1-7(2)11-5-3-4-8(9,10)6-11/h7H,3-6H2,1-2H3. The van der Waals surface area contributed by atoms with Crippen LogP contribution in [0.5, 0.6) is 0 Å². The predicted octanol–water partition coefficient (Wildman–Crippen LogP) is 2.13. The summed E-state index contributed by atoms with van der Waals surface area (Å²) in [5.74, 6) is -2.44. The molecule has 0 bridgehead atoms. The van der Waals surface area contributed by atoms with Crippen molar-refractivity contribution in [2.45, 2.75) is 38.7 Å². The lowest BCUT2D eigenvalue weighted by molar-refractivity contribution is -0.0715. The monoisotopic (exact) mass is 163 g/mol. The van der Waals surface area contributed by atoms with Crippen LogP contribution < -0.4 is 0 Å².